The number of nitrogens with one attached hydrogen (secondary N) is 1. The zero-order valence-corrected chi connectivity index (χ0v) is 10.8. The molecule has 1 heterocycles. The first kappa shape index (κ1) is 13.3. The Morgan fingerprint density at radius 1 is 1.16 bits per heavy atom. The van der Waals surface area contributed by atoms with Crippen LogP contribution in [0.3, 0.4) is 0 Å². The normalized spacial score (nSPS) is 15.2. The fourth-order valence-electron chi connectivity index (χ4n) is 1.89. The van der Waals surface area contributed by atoms with Crippen molar-refractivity contribution >= 4 is 35.6 Å². The molecule has 0 aliphatic carbocycles. The summed E-state index contributed by atoms with van der Waals surface area (Å²) in [6.07, 6.45) is 0. The SMILES string of the molecule is C[C@@H](C(=O)NC(=O)S)N1C(=O)c2ccccc2C1=O. The van der Waals surface area contributed by atoms with Gasteiger partial charge in [-0.1, -0.05) is 24.8 Å². The van der Waals surface area contributed by atoms with Gasteiger partial charge in [0.1, 0.15) is 6.04 Å². The average Bonchev–Trinajstić information content (AvgIpc) is 2.61. The Balaban J connectivity index is 2.29. The summed E-state index contributed by atoms with van der Waals surface area (Å²) in [6.45, 7) is 1.37. The van der Waals surface area contributed by atoms with E-state index in [0.717, 1.165) is 4.90 Å². The van der Waals surface area contributed by atoms with E-state index >= 15 is 0 Å². The van der Waals surface area contributed by atoms with Gasteiger partial charge < -0.3 is 0 Å². The van der Waals surface area contributed by atoms with Crippen LogP contribution in [0.4, 0.5) is 4.79 Å². The number of amides is 4. The van der Waals surface area contributed by atoms with Crippen LogP contribution in [0.15, 0.2) is 24.3 Å². The van der Waals surface area contributed by atoms with Crippen LogP contribution in [0.5, 0.6) is 0 Å². The second-order valence-electron chi connectivity index (χ2n) is 4.00. The summed E-state index contributed by atoms with van der Waals surface area (Å²) < 4.78 is 0. The van der Waals surface area contributed by atoms with Crippen molar-refractivity contribution in [1.82, 2.24) is 10.2 Å². The Morgan fingerprint density at radius 3 is 2.05 bits per heavy atom. The fraction of sp³-hybridized carbons (Fsp3) is 0.167. The molecule has 0 radical (unpaired) electrons. The number of benzene rings is 1. The zero-order chi connectivity index (χ0) is 14.2. The number of nitrogens with zero attached hydrogens (tertiary/aromatic N) is 1. The van der Waals surface area contributed by atoms with Gasteiger partial charge in [-0.2, -0.15) is 0 Å². The van der Waals surface area contributed by atoms with Gasteiger partial charge in [-0.3, -0.25) is 29.4 Å². The number of rotatable bonds is 2. The molecule has 0 aromatic heterocycles. The van der Waals surface area contributed by atoms with Crippen molar-refractivity contribution in [2.75, 3.05) is 0 Å². The second kappa shape index (κ2) is 4.85. The maximum absolute atomic E-state index is 12.1. The molecular weight excluding hydrogens is 268 g/mol. The van der Waals surface area contributed by atoms with Crippen LogP contribution in [-0.2, 0) is 4.79 Å². The van der Waals surface area contributed by atoms with Crippen LogP contribution in [0.25, 0.3) is 0 Å². The number of fused-ring (bicyclic) bond motifs is 1. The Labute approximate surface area is 114 Å². The van der Waals surface area contributed by atoms with Crippen molar-refractivity contribution in [2.24, 2.45) is 0 Å². The number of hydrogen-bond donors (Lipinski definition) is 2. The molecule has 1 N–H and O–H groups in total. The Hall–Kier alpha value is -2.15. The van der Waals surface area contributed by atoms with Gasteiger partial charge in [-0.05, 0) is 19.1 Å². The molecule has 1 aromatic carbocycles. The Bertz CT molecular complexity index is 564. The lowest BCUT2D eigenvalue weighted by molar-refractivity contribution is -0.123. The fourth-order valence-corrected chi connectivity index (χ4v) is 2.00. The molecule has 1 aliphatic heterocycles. The molecule has 7 heteroatoms. The number of imide groups is 2. The molecule has 0 bridgehead atoms. The molecule has 0 saturated heterocycles. The van der Waals surface area contributed by atoms with Crippen molar-refractivity contribution in [3.63, 3.8) is 0 Å². The van der Waals surface area contributed by atoms with Gasteiger partial charge in [0.05, 0.1) is 11.1 Å². The molecule has 19 heavy (non-hydrogen) atoms. The minimum Gasteiger partial charge on any atom is -0.286 e. The highest BCUT2D eigenvalue weighted by Gasteiger charge is 2.40. The lowest BCUT2D eigenvalue weighted by Gasteiger charge is -2.20. The van der Waals surface area contributed by atoms with E-state index in [1.165, 1.54) is 19.1 Å². The monoisotopic (exact) mass is 278 g/mol. The third-order valence-electron chi connectivity index (χ3n) is 2.82. The maximum atomic E-state index is 12.1. The maximum Gasteiger partial charge on any atom is 0.282 e. The van der Waals surface area contributed by atoms with Crippen molar-refractivity contribution < 1.29 is 19.2 Å². The lowest BCUT2D eigenvalue weighted by Crippen LogP contribution is -2.48. The van der Waals surface area contributed by atoms with Crippen LogP contribution in [0.1, 0.15) is 27.6 Å². The number of carbonyl (C=O) groups excluding carboxylic acids is 4. The van der Waals surface area contributed by atoms with E-state index in [1.54, 1.807) is 12.1 Å². The van der Waals surface area contributed by atoms with Gasteiger partial charge in [-0.15, -0.1) is 0 Å². The summed E-state index contributed by atoms with van der Waals surface area (Å²) in [5.74, 6) is -1.85. The molecule has 1 atom stereocenters. The molecule has 98 valence electrons. The van der Waals surface area contributed by atoms with Gasteiger partial charge >= 0.3 is 0 Å². The molecule has 0 unspecified atom stereocenters. The first-order valence-electron chi connectivity index (χ1n) is 5.44. The molecular formula is C12H10N2O4S. The molecule has 1 aliphatic rings. The van der Waals surface area contributed by atoms with Crippen molar-refractivity contribution in [3.05, 3.63) is 35.4 Å². The Kier molecular flexibility index (Phi) is 3.39. The minimum absolute atomic E-state index is 0.254. The van der Waals surface area contributed by atoms with E-state index in [9.17, 15) is 19.2 Å². The largest absolute Gasteiger partial charge is 0.286 e. The van der Waals surface area contributed by atoms with Crippen LogP contribution in [-0.4, -0.2) is 33.9 Å². The highest BCUT2D eigenvalue weighted by atomic mass is 32.1. The van der Waals surface area contributed by atoms with E-state index in [4.69, 9.17) is 0 Å². The standard InChI is InChI=1S/C12H10N2O4S/c1-6(9(15)13-12(18)19)14-10(16)7-4-2-3-5-8(7)11(14)17/h2-6H,1H3,(H2,13,15,18,19)/t6-/m0/s1. The average molecular weight is 278 g/mol. The molecule has 0 fully saturated rings. The van der Waals surface area contributed by atoms with E-state index < -0.39 is 29.0 Å². The van der Waals surface area contributed by atoms with Crippen LogP contribution < -0.4 is 5.32 Å². The van der Waals surface area contributed by atoms with Gasteiger partial charge in [-0.25, -0.2) is 0 Å². The smallest absolute Gasteiger partial charge is 0.282 e. The summed E-state index contributed by atoms with van der Waals surface area (Å²) in [5.41, 5.74) is 0.508. The number of thiol groups is 1. The minimum atomic E-state index is -1.08. The predicted octanol–water partition coefficient (Wildman–Crippen LogP) is 0.837. The Morgan fingerprint density at radius 2 is 1.63 bits per heavy atom. The molecule has 4 amide bonds. The summed E-state index contributed by atoms with van der Waals surface area (Å²) in [7, 11) is 0. The van der Waals surface area contributed by atoms with Gasteiger partial charge in [0, 0.05) is 0 Å². The summed E-state index contributed by atoms with van der Waals surface area (Å²) in [4.78, 5) is 47.3. The van der Waals surface area contributed by atoms with Crippen LogP contribution >= 0.6 is 12.6 Å². The molecule has 2 rings (SSSR count). The first-order valence-corrected chi connectivity index (χ1v) is 5.89. The van der Waals surface area contributed by atoms with Crippen molar-refractivity contribution in [3.8, 4) is 0 Å². The highest BCUT2D eigenvalue weighted by Crippen LogP contribution is 2.24. The predicted molar refractivity (Wildman–Crippen MR) is 68.9 cm³/mol. The first-order chi connectivity index (χ1) is 8.93. The number of carbonyl (C=O) groups is 4. The molecule has 1 aromatic rings. The highest BCUT2D eigenvalue weighted by molar-refractivity contribution is 7.96. The van der Waals surface area contributed by atoms with Gasteiger partial charge in [0.25, 0.3) is 17.1 Å². The van der Waals surface area contributed by atoms with E-state index in [1.807, 2.05) is 5.32 Å². The van der Waals surface area contributed by atoms with Crippen molar-refractivity contribution in [1.29, 1.82) is 0 Å². The number of hydrogen-bond acceptors (Lipinski definition) is 4. The van der Waals surface area contributed by atoms with Crippen molar-refractivity contribution in [2.45, 2.75) is 13.0 Å². The third-order valence-corrected chi connectivity index (χ3v) is 2.93. The van der Waals surface area contributed by atoms with Crippen LogP contribution in [0.2, 0.25) is 0 Å². The summed E-state index contributed by atoms with van der Waals surface area (Å²) >= 11 is 3.41. The molecule has 0 saturated carbocycles. The van der Waals surface area contributed by atoms with Gasteiger partial charge in [0.2, 0.25) is 5.91 Å². The van der Waals surface area contributed by atoms with E-state index in [-0.39, 0.29) is 11.1 Å². The van der Waals surface area contributed by atoms with Gasteiger partial charge in [0.15, 0.2) is 0 Å². The van der Waals surface area contributed by atoms with E-state index in [2.05, 4.69) is 12.6 Å². The van der Waals surface area contributed by atoms with E-state index in [0.29, 0.717) is 0 Å². The lowest BCUT2D eigenvalue weighted by atomic mass is 10.1. The molecule has 0 spiro atoms. The summed E-state index contributed by atoms with van der Waals surface area (Å²) in [5, 5.41) is 1.09. The second-order valence-corrected chi connectivity index (χ2v) is 4.40. The third kappa shape index (κ3) is 2.24. The summed E-state index contributed by atoms with van der Waals surface area (Å²) in [6, 6.07) is 5.22. The topological polar surface area (TPSA) is 83.6 Å². The molecule has 6 nitrogen and oxygen atoms in total. The zero-order valence-electron chi connectivity index (χ0n) is 9.91. The van der Waals surface area contributed by atoms with Crippen LogP contribution in [0, 0.1) is 0 Å². The quantitative estimate of drug-likeness (QED) is 0.620.